The van der Waals surface area contributed by atoms with Gasteiger partial charge in [0.1, 0.15) is 5.75 Å². The van der Waals surface area contributed by atoms with Gasteiger partial charge >= 0.3 is 0 Å². The molecule has 0 bridgehead atoms. The van der Waals surface area contributed by atoms with E-state index in [2.05, 4.69) is 17.6 Å². The SMILES string of the molecule is CCCOc1cccc(NC(=O)CNc2cccc(C)c2)c1. The summed E-state index contributed by atoms with van der Waals surface area (Å²) < 4.78 is 5.55. The van der Waals surface area contributed by atoms with Crippen LogP contribution in [-0.4, -0.2) is 19.1 Å². The van der Waals surface area contributed by atoms with Crippen LogP contribution in [0.2, 0.25) is 0 Å². The van der Waals surface area contributed by atoms with E-state index in [0.717, 1.165) is 29.1 Å². The number of ether oxygens (including phenoxy) is 1. The summed E-state index contributed by atoms with van der Waals surface area (Å²) in [6, 6.07) is 15.4. The Balaban J connectivity index is 1.86. The summed E-state index contributed by atoms with van der Waals surface area (Å²) in [6.45, 7) is 4.98. The zero-order chi connectivity index (χ0) is 15.8. The van der Waals surface area contributed by atoms with Crippen LogP contribution >= 0.6 is 0 Å². The van der Waals surface area contributed by atoms with Gasteiger partial charge in [-0.1, -0.05) is 25.1 Å². The van der Waals surface area contributed by atoms with Crippen molar-refractivity contribution in [2.24, 2.45) is 0 Å². The topological polar surface area (TPSA) is 50.4 Å². The maximum atomic E-state index is 12.0. The van der Waals surface area contributed by atoms with Crippen LogP contribution in [0, 0.1) is 6.92 Å². The molecule has 0 aliphatic carbocycles. The summed E-state index contributed by atoms with van der Waals surface area (Å²) in [5, 5.41) is 5.97. The maximum Gasteiger partial charge on any atom is 0.243 e. The van der Waals surface area contributed by atoms with E-state index in [1.165, 1.54) is 0 Å². The molecule has 0 aliphatic rings. The first-order valence-corrected chi connectivity index (χ1v) is 7.50. The van der Waals surface area contributed by atoms with Crippen LogP contribution < -0.4 is 15.4 Å². The Morgan fingerprint density at radius 1 is 1.09 bits per heavy atom. The predicted octanol–water partition coefficient (Wildman–Crippen LogP) is 3.83. The van der Waals surface area contributed by atoms with Crippen molar-refractivity contribution < 1.29 is 9.53 Å². The van der Waals surface area contributed by atoms with Gasteiger partial charge in [0.2, 0.25) is 5.91 Å². The molecule has 2 aromatic carbocycles. The van der Waals surface area contributed by atoms with E-state index in [0.29, 0.717) is 6.61 Å². The van der Waals surface area contributed by atoms with Crippen molar-refractivity contribution in [3.8, 4) is 5.75 Å². The molecule has 0 spiro atoms. The second kappa shape index (κ2) is 8.08. The van der Waals surface area contributed by atoms with Crippen LogP contribution in [0.4, 0.5) is 11.4 Å². The molecule has 0 heterocycles. The molecule has 0 saturated carbocycles. The molecule has 116 valence electrons. The van der Waals surface area contributed by atoms with Crippen LogP contribution in [0.1, 0.15) is 18.9 Å². The number of nitrogens with one attached hydrogen (secondary N) is 2. The Morgan fingerprint density at radius 2 is 1.86 bits per heavy atom. The van der Waals surface area contributed by atoms with E-state index < -0.39 is 0 Å². The Labute approximate surface area is 131 Å². The Kier molecular flexibility index (Phi) is 5.83. The van der Waals surface area contributed by atoms with Gasteiger partial charge in [-0.2, -0.15) is 0 Å². The fourth-order valence-electron chi connectivity index (χ4n) is 2.03. The molecule has 0 unspecified atom stereocenters. The van der Waals surface area contributed by atoms with Crippen LogP contribution in [0.3, 0.4) is 0 Å². The lowest BCUT2D eigenvalue weighted by Gasteiger charge is -2.10. The Hall–Kier alpha value is -2.49. The maximum absolute atomic E-state index is 12.0. The molecule has 0 aliphatic heterocycles. The van der Waals surface area contributed by atoms with Crippen LogP contribution in [0.25, 0.3) is 0 Å². The van der Waals surface area contributed by atoms with Gasteiger partial charge in [-0.25, -0.2) is 0 Å². The highest BCUT2D eigenvalue weighted by Gasteiger charge is 2.03. The lowest BCUT2D eigenvalue weighted by Crippen LogP contribution is -2.21. The monoisotopic (exact) mass is 298 g/mol. The lowest BCUT2D eigenvalue weighted by atomic mass is 10.2. The highest BCUT2D eigenvalue weighted by Crippen LogP contribution is 2.17. The number of hydrogen-bond donors (Lipinski definition) is 2. The molecule has 0 radical (unpaired) electrons. The molecule has 22 heavy (non-hydrogen) atoms. The van der Waals surface area contributed by atoms with Crippen molar-refractivity contribution in [3.63, 3.8) is 0 Å². The molecule has 0 fully saturated rings. The summed E-state index contributed by atoms with van der Waals surface area (Å²) >= 11 is 0. The lowest BCUT2D eigenvalue weighted by molar-refractivity contribution is -0.114. The second-order valence-corrected chi connectivity index (χ2v) is 5.15. The summed E-state index contributed by atoms with van der Waals surface area (Å²) in [7, 11) is 0. The molecule has 2 rings (SSSR count). The van der Waals surface area contributed by atoms with Gasteiger partial charge in [0, 0.05) is 17.4 Å². The first kappa shape index (κ1) is 15.9. The molecule has 4 heteroatoms. The van der Waals surface area contributed by atoms with Crippen molar-refractivity contribution in [2.75, 3.05) is 23.8 Å². The van der Waals surface area contributed by atoms with Gasteiger partial charge in [0.25, 0.3) is 0 Å². The van der Waals surface area contributed by atoms with Crippen LogP contribution in [0.15, 0.2) is 48.5 Å². The molecule has 0 atom stereocenters. The number of carbonyl (C=O) groups excluding carboxylic acids is 1. The highest BCUT2D eigenvalue weighted by atomic mass is 16.5. The average molecular weight is 298 g/mol. The van der Waals surface area contributed by atoms with E-state index in [-0.39, 0.29) is 12.5 Å². The molecular formula is C18H22N2O2. The third kappa shape index (κ3) is 5.13. The summed E-state index contributed by atoms with van der Waals surface area (Å²) in [5.41, 5.74) is 2.84. The molecule has 2 N–H and O–H groups in total. The summed E-state index contributed by atoms with van der Waals surface area (Å²) in [5.74, 6) is 0.681. The van der Waals surface area contributed by atoms with Crippen molar-refractivity contribution in [1.82, 2.24) is 0 Å². The Morgan fingerprint density at radius 3 is 2.64 bits per heavy atom. The van der Waals surface area contributed by atoms with Gasteiger partial charge in [0.05, 0.1) is 13.2 Å². The average Bonchev–Trinajstić information content (AvgIpc) is 2.51. The van der Waals surface area contributed by atoms with Gasteiger partial charge in [0.15, 0.2) is 0 Å². The quantitative estimate of drug-likeness (QED) is 0.816. The zero-order valence-corrected chi connectivity index (χ0v) is 13.1. The van der Waals surface area contributed by atoms with Crippen molar-refractivity contribution >= 4 is 17.3 Å². The zero-order valence-electron chi connectivity index (χ0n) is 13.1. The first-order valence-electron chi connectivity index (χ1n) is 7.50. The van der Waals surface area contributed by atoms with E-state index in [9.17, 15) is 4.79 Å². The van der Waals surface area contributed by atoms with Crippen LogP contribution in [-0.2, 0) is 4.79 Å². The number of rotatable bonds is 7. The predicted molar refractivity (Wildman–Crippen MR) is 90.5 cm³/mol. The van der Waals surface area contributed by atoms with E-state index in [1.54, 1.807) is 0 Å². The fraction of sp³-hybridized carbons (Fsp3) is 0.278. The van der Waals surface area contributed by atoms with Gasteiger partial charge < -0.3 is 15.4 Å². The normalized spacial score (nSPS) is 10.1. The number of amides is 1. The van der Waals surface area contributed by atoms with Gasteiger partial charge in [-0.3, -0.25) is 4.79 Å². The van der Waals surface area contributed by atoms with Gasteiger partial charge in [-0.05, 0) is 43.2 Å². The smallest absolute Gasteiger partial charge is 0.243 e. The number of benzene rings is 2. The second-order valence-electron chi connectivity index (χ2n) is 5.15. The fourth-order valence-corrected chi connectivity index (χ4v) is 2.03. The molecular weight excluding hydrogens is 276 g/mol. The van der Waals surface area contributed by atoms with Crippen molar-refractivity contribution in [2.45, 2.75) is 20.3 Å². The van der Waals surface area contributed by atoms with E-state index in [4.69, 9.17) is 4.74 Å². The third-order valence-corrected chi connectivity index (χ3v) is 3.06. The Bertz CT molecular complexity index is 626. The number of aryl methyl sites for hydroxylation is 1. The third-order valence-electron chi connectivity index (χ3n) is 3.06. The number of hydrogen-bond acceptors (Lipinski definition) is 3. The highest BCUT2D eigenvalue weighted by molar-refractivity contribution is 5.93. The molecule has 2 aromatic rings. The number of carbonyl (C=O) groups is 1. The standard InChI is InChI=1S/C18H22N2O2/c1-3-10-22-17-9-5-8-16(12-17)20-18(21)13-19-15-7-4-6-14(2)11-15/h4-9,11-12,19H,3,10,13H2,1-2H3,(H,20,21). The minimum Gasteiger partial charge on any atom is -0.494 e. The minimum atomic E-state index is -0.0888. The van der Waals surface area contributed by atoms with E-state index >= 15 is 0 Å². The molecule has 0 saturated heterocycles. The van der Waals surface area contributed by atoms with Crippen molar-refractivity contribution in [1.29, 1.82) is 0 Å². The molecule has 0 aromatic heterocycles. The summed E-state index contributed by atoms with van der Waals surface area (Å²) in [6.07, 6.45) is 0.955. The minimum absolute atomic E-state index is 0.0888. The van der Waals surface area contributed by atoms with Crippen LogP contribution in [0.5, 0.6) is 5.75 Å². The number of anilines is 2. The largest absolute Gasteiger partial charge is 0.494 e. The van der Waals surface area contributed by atoms with Crippen molar-refractivity contribution in [3.05, 3.63) is 54.1 Å². The molecule has 4 nitrogen and oxygen atoms in total. The summed E-state index contributed by atoms with van der Waals surface area (Å²) in [4.78, 5) is 12.0. The molecule has 1 amide bonds. The first-order chi connectivity index (χ1) is 10.7. The van der Waals surface area contributed by atoms with E-state index in [1.807, 2.05) is 55.5 Å². The van der Waals surface area contributed by atoms with Gasteiger partial charge in [-0.15, -0.1) is 0 Å².